The van der Waals surface area contributed by atoms with Crippen molar-refractivity contribution in [2.24, 2.45) is 4.99 Å². The summed E-state index contributed by atoms with van der Waals surface area (Å²) in [5.74, 6) is 0.0755. The number of hydrogen-bond donors (Lipinski definition) is 2. The number of aromatic nitrogens is 3. The Kier molecular flexibility index (Phi) is 5.03. The Hall–Kier alpha value is -3.24. The summed E-state index contributed by atoms with van der Waals surface area (Å²) in [6, 6.07) is 12.1. The number of aromatic hydroxyl groups is 1. The average Bonchev–Trinajstić information content (AvgIpc) is 3.10. The highest BCUT2D eigenvalue weighted by atomic mass is 79.9. The number of nitrogens with one attached hydrogen (secondary N) is 1. The first-order chi connectivity index (χ1) is 14.0. The van der Waals surface area contributed by atoms with Crippen LogP contribution in [0, 0.1) is 0 Å². The van der Waals surface area contributed by atoms with E-state index in [4.69, 9.17) is 4.74 Å². The Bertz CT molecular complexity index is 1360. The van der Waals surface area contributed by atoms with Crippen molar-refractivity contribution in [3.63, 3.8) is 0 Å². The molecule has 0 bridgehead atoms. The third-order valence-corrected chi connectivity index (χ3v) is 5.51. The number of aromatic amines is 1. The smallest absolute Gasteiger partial charge is 0.335 e. The highest BCUT2D eigenvalue weighted by Gasteiger charge is 2.14. The lowest BCUT2D eigenvalue weighted by Gasteiger charge is -2.10. The summed E-state index contributed by atoms with van der Waals surface area (Å²) in [6.07, 6.45) is 1.19. The van der Waals surface area contributed by atoms with E-state index in [0.717, 1.165) is 19.3 Å². The van der Waals surface area contributed by atoms with Crippen LogP contribution < -0.4 is 16.0 Å². The van der Waals surface area contributed by atoms with Gasteiger partial charge in [-0.1, -0.05) is 27.3 Å². The molecule has 4 aromatic rings. The lowest BCUT2D eigenvalue weighted by molar-refractivity contribution is 0.414. The first kappa shape index (κ1) is 19.1. The van der Waals surface area contributed by atoms with Crippen LogP contribution in [-0.4, -0.2) is 33.0 Å². The number of ether oxygens (including phenoxy) is 1. The Labute approximate surface area is 175 Å². The normalized spacial score (nSPS) is 11.4. The van der Waals surface area contributed by atoms with Gasteiger partial charge in [-0.3, -0.25) is 9.78 Å². The number of thiazole rings is 1. The highest BCUT2D eigenvalue weighted by molar-refractivity contribution is 9.10. The van der Waals surface area contributed by atoms with Gasteiger partial charge in [-0.25, -0.2) is 19.3 Å². The second kappa shape index (κ2) is 7.64. The first-order valence-corrected chi connectivity index (χ1v) is 9.90. The fourth-order valence-electron chi connectivity index (χ4n) is 2.69. The summed E-state index contributed by atoms with van der Waals surface area (Å²) < 4.78 is 7.92. The molecular weight excluding hydrogens is 460 g/mol. The van der Waals surface area contributed by atoms with Gasteiger partial charge in [-0.05, 0) is 42.5 Å². The number of fused-ring (bicyclic) bond motifs is 1. The van der Waals surface area contributed by atoms with E-state index in [1.165, 1.54) is 24.7 Å². The molecule has 8 nitrogen and oxygen atoms in total. The molecule has 0 radical (unpaired) electrons. The number of aliphatic imine (C=N–C) groups is 1. The zero-order valence-electron chi connectivity index (χ0n) is 14.9. The maximum atomic E-state index is 12.2. The van der Waals surface area contributed by atoms with Gasteiger partial charge >= 0.3 is 5.69 Å². The van der Waals surface area contributed by atoms with E-state index in [1.54, 1.807) is 24.3 Å². The van der Waals surface area contributed by atoms with Gasteiger partial charge in [0.05, 0.1) is 23.0 Å². The molecule has 2 N–H and O–H groups in total. The maximum Gasteiger partial charge on any atom is 0.335 e. The Morgan fingerprint density at radius 2 is 2.00 bits per heavy atom. The first-order valence-electron chi connectivity index (χ1n) is 8.29. The standard InChI is InChI=1S/C19H13BrN4O4S/c1-28-12-5-3-11(4-6-12)24-17(26)13(16(25)23-19(24)27)9-21-18-22-14-7-2-10(20)8-15(14)29-18/h2-9,26H,1H3,(H,23,25,27). The molecule has 0 fully saturated rings. The van der Waals surface area contributed by atoms with Gasteiger partial charge < -0.3 is 9.84 Å². The predicted octanol–water partition coefficient (Wildman–Crippen LogP) is 3.36. The molecule has 4 rings (SSSR count). The average molecular weight is 473 g/mol. The van der Waals surface area contributed by atoms with Crippen LogP contribution in [0.3, 0.4) is 0 Å². The molecule has 0 amide bonds. The molecule has 146 valence electrons. The van der Waals surface area contributed by atoms with Crippen molar-refractivity contribution in [3.05, 3.63) is 73.3 Å². The van der Waals surface area contributed by atoms with Crippen molar-refractivity contribution in [1.82, 2.24) is 14.5 Å². The minimum Gasteiger partial charge on any atom is -0.497 e. The quantitative estimate of drug-likeness (QED) is 0.442. The summed E-state index contributed by atoms with van der Waals surface area (Å²) in [7, 11) is 1.52. The van der Waals surface area contributed by atoms with E-state index in [-0.39, 0.29) is 5.56 Å². The second-order valence-electron chi connectivity index (χ2n) is 5.90. The van der Waals surface area contributed by atoms with E-state index in [0.29, 0.717) is 16.6 Å². The van der Waals surface area contributed by atoms with Crippen LogP contribution in [-0.2, 0) is 0 Å². The van der Waals surface area contributed by atoms with Gasteiger partial charge in [-0.2, -0.15) is 0 Å². The van der Waals surface area contributed by atoms with E-state index in [2.05, 4.69) is 30.9 Å². The van der Waals surface area contributed by atoms with E-state index >= 15 is 0 Å². The Balaban J connectivity index is 1.77. The predicted molar refractivity (Wildman–Crippen MR) is 115 cm³/mol. The van der Waals surface area contributed by atoms with Crippen molar-refractivity contribution in [2.75, 3.05) is 7.11 Å². The lowest BCUT2D eigenvalue weighted by Crippen LogP contribution is -2.31. The van der Waals surface area contributed by atoms with Gasteiger partial charge in [-0.15, -0.1) is 0 Å². The van der Waals surface area contributed by atoms with Gasteiger partial charge in [0.2, 0.25) is 11.0 Å². The van der Waals surface area contributed by atoms with Gasteiger partial charge in [0.15, 0.2) is 0 Å². The SMILES string of the molecule is COc1ccc(-n2c(O)c(C=Nc3nc4ccc(Br)cc4s3)c(=O)[nH]c2=O)cc1. The molecule has 0 aliphatic heterocycles. The topological polar surface area (TPSA) is 110 Å². The number of hydrogen-bond acceptors (Lipinski definition) is 7. The molecule has 0 saturated heterocycles. The monoisotopic (exact) mass is 472 g/mol. The third kappa shape index (κ3) is 3.71. The number of rotatable bonds is 4. The molecule has 29 heavy (non-hydrogen) atoms. The Morgan fingerprint density at radius 1 is 1.24 bits per heavy atom. The molecule has 0 saturated carbocycles. The van der Waals surface area contributed by atoms with Crippen LogP contribution in [0.4, 0.5) is 5.13 Å². The van der Waals surface area contributed by atoms with Crippen molar-refractivity contribution in [1.29, 1.82) is 0 Å². The molecule has 2 aromatic carbocycles. The van der Waals surface area contributed by atoms with Crippen molar-refractivity contribution < 1.29 is 9.84 Å². The third-order valence-electron chi connectivity index (χ3n) is 4.09. The van der Waals surface area contributed by atoms with E-state index in [1.807, 2.05) is 18.2 Å². The zero-order chi connectivity index (χ0) is 20.5. The fraction of sp³-hybridized carbons (Fsp3) is 0.0526. The van der Waals surface area contributed by atoms with Gasteiger partial charge in [0, 0.05) is 10.7 Å². The minimum absolute atomic E-state index is 0.152. The number of benzene rings is 2. The summed E-state index contributed by atoms with van der Waals surface area (Å²) in [6.45, 7) is 0. The van der Waals surface area contributed by atoms with Crippen molar-refractivity contribution in [3.8, 4) is 17.3 Å². The molecule has 0 unspecified atom stereocenters. The molecular formula is C19H13BrN4O4S. The fourth-order valence-corrected chi connectivity index (χ4v) is 4.05. The largest absolute Gasteiger partial charge is 0.497 e. The maximum absolute atomic E-state index is 12.2. The van der Waals surface area contributed by atoms with E-state index in [9.17, 15) is 14.7 Å². The summed E-state index contributed by atoms with van der Waals surface area (Å²) in [4.78, 5) is 35.2. The van der Waals surface area contributed by atoms with Crippen molar-refractivity contribution >= 4 is 48.8 Å². The van der Waals surface area contributed by atoms with Crippen LogP contribution in [0.15, 0.2) is 61.5 Å². The molecule has 0 atom stereocenters. The van der Waals surface area contributed by atoms with Crippen LogP contribution in [0.2, 0.25) is 0 Å². The highest BCUT2D eigenvalue weighted by Crippen LogP contribution is 2.30. The molecule has 0 aliphatic carbocycles. The molecule has 2 heterocycles. The molecule has 0 spiro atoms. The van der Waals surface area contributed by atoms with Crippen LogP contribution in [0.5, 0.6) is 11.6 Å². The van der Waals surface area contributed by atoms with Crippen LogP contribution in [0.25, 0.3) is 15.9 Å². The lowest BCUT2D eigenvalue weighted by atomic mass is 10.2. The second-order valence-corrected chi connectivity index (χ2v) is 7.82. The van der Waals surface area contributed by atoms with Gasteiger partial charge in [0.1, 0.15) is 11.3 Å². The van der Waals surface area contributed by atoms with E-state index < -0.39 is 17.1 Å². The summed E-state index contributed by atoms with van der Waals surface area (Å²) >= 11 is 4.74. The number of halogens is 1. The van der Waals surface area contributed by atoms with Crippen molar-refractivity contribution in [2.45, 2.75) is 0 Å². The Morgan fingerprint density at radius 3 is 2.72 bits per heavy atom. The summed E-state index contributed by atoms with van der Waals surface area (Å²) in [5.41, 5.74) is -0.527. The zero-order valence-corrected chi connectivity index (χ0v) is 17.3. The number of H-pyrrole nitrogens is 1. The molecule has 0 aliphatic rings. The molecule has 2 aromatic heterocycles. The summed E-state index contributed by atoms with van der Waals surface area (Å²) in [5, 5.41) is 11.0. The number of nitrogens with zero attached hydrogens (tertiary/aromatic N) is 3. The van der Waals surface area contributed by atoms with Crippen LogP contribution in [0.1, 0.15) is 5.56 Å². The minimum atomic E-state index is -0.764. The van der Waals surface area contributed by atoms with Gasteiger partial charge in [0.25, 0.3) is 5.56 Å². The van der Waals surface area contributed by atoms with Crippen LogP contribution >= 0.6 is 27.3 Å². The molecule has 10 heteroatoms. The number of methoxy groups -OCH3 is 1.